The maximum atomic E-state index is 13.1. The first-order chi connectivity index (χ1) is 15.1. The van der Waals surface area contributed by atoms with E-state index < -0.39 is 23.7 Å². The molecular weight excluding hydrogens is 429 g/mol. The van der Waals surface area contributed by atoms with E-state index in [0.717, 1.165) is 44.5 Å². The zero-order valence-electron chi connectivity index (χ0n) is 17.5. The Hall–Kier alpha value is -3.11. The second-order valence-corrected chi connectivity index (χ2v) is 7.17. The highest BCUT2D eigenvalue weighted by atomic mass is 19.4. The number of alkyl halides is 3. The SMILES string of the molecule is COc1cccc(CN2CCN(Cc3ccccc3C(F)(F)F)CC2)c1.O=C(O)C(=O)O. The Kier molecular flexibility index (Phi) is 9.03. The fourth-order valence-corrected chi connectivity index (χ4v) is 3.31. The number of halogens is 3. The average Bonchev–Trinajstić information content (AvgIpc) is 2.75. The van der Waals surface area contributed by atoms with Crippen molar-refractivity contribution < 1.29 is 37.7 Å². The molecule has 174 valence electrons. The minimum absolute atomic E-state index is 0.336. The lowest BCUT2D eigenvalue weighted by molar-refractivity contribution is -0.159. The summed E-state index contributed by atoms with van der Waals surface area (Å²) >= 11 is 0. The van der Waals surface area contributed by atoms with E-state index in [4.69, 9.17) is 24.5 Å². The molecule has 2 aromatic carbocycles. The van der Waals surface area contributed by atoms with E-state index in [1.165, 1.54) is 11.6 Å². The third-order valence-corrected chi connectivity index (χ3v) is 4.90. The molecule has 1 fully saturated rings. The number of methoxy groups -OCH3 is 1. The second kappa shape index (κ2) is 11.5. The van der Waals surface area contributed by atoms with Crippen LogP contribution in [0.3, 0.4) is 0 Å². The number of aliphatic carboxylic acids is 2. The monoisotopic (exact) mass is 454 g/mol. The van der Waals surface area contributed by atoms with Gasteiger partial charge in [-0.1, -0.05) is 30.3 Å². The lowest BCUT2D eigenvalue weighted by atomic mass is 10.1. The number of carboxylic acid groups (broad SMARTS) is 2. The first-order valence-electron chi connectivity index (χ1n) is 9.79. The number of ether oxygens (including phenoxy) is 1. The van der Waals surface area contributed by atoms with Gasteiger partial charge in [-0.2, -0.15) is 13.2 Å². The number of piperazine rings is 1. The second-order valence-electron chi connectivity index (χ2n) is 7.17. The molecule has 0 unspecified atom stereocenters. The van der Waals surface area contributed by atoms with E-state index in [1.807, 2.05) is 18.2 Å². The molecule has 1 aliphatic heterocycles. The van der Waals surface area contributed by atoms with Gasteiger partial charge in [-0.3, -0.25) is 9.80 Å². The molecular formula is C22H25F3N2O5. The predicted octanol–water partition coefficient (Wildman–Crippen LogP) is 3.19. The smallest absolute Gasteiger partial charge is 0.416 e. The zero-order valence-corrected chi connectivity index (χ0v) is 17.5. The van der Waals surface area contributed by atoms with Gasteiger partial charge in [-0.25, -0.2) is 9.59 Å². The number of hydrogen-bond donors (Lipinski definition) is 2. The summed E-state index contributed by atoms with van der Waals surface area (Å²) in [6.45, 7) is 4.36. The third kappa shape index (κ3) is 7.86. The van der Waals surface area contributed by atoms with Crippen molar-refractivity contribution in [1.82, 2.24) is 9.80 Å². The van der Waals surface area contributed by atoms with E-state index in [2.05, 4.69) is 15.9 Å². The maximum Gasteiger partial charge on any atom is 0.416 e. The summed E-state index contributed by atoms with van der Waals surface area (Å²) in [7, 11) is 1.65. The Labute approximate surface area is 183 Å². The van der Waals surface area contributed by atoms with E-state index in [-0.39, 0.29) is 0 Å². The van der Waals surface area contributed by atoms with Crippen LogP contribution in [0.5, 0.6) is 5.75 Å². The van der Waals surface area contributed by atoms with Crippen molar-refractivity contribution in [2.24, 2.45) is 0 Å². The summed E-state index contributed by atoms with van der Waals surface area (Å²) in [5, 5.41) is 14.8. The number of nitrogens with zero attached hydrogens (tertiary/aromatic N) is 2. The fourth-order valence-electron chi connectivity index (χ4n) is 3.31. The molecule has 0 amide bonds. The fraction of sp³-hybridized carbons (Fsp3) is 0.364. The highest BCUT2D eigenvalue weighted by Crippen LogP contribution is 2.32. The first-order valence-corrected chi connectivity index (χ1v) is 9.79. The van der Waals surface area contributed by atoms with Crippen molar-refractivity contribution >= 4 is 11.9 Å². The summed E-state index contributed by atoms with van der Waals surface area (Å²) < 4.78 is 44.6. The lowest BCUT2D eigenvalue weighted by Gasteiger charge is -2.35. The van der Waals surface area contributed by atoms with Crippen molar-refractivity contribution in [3.05, 3.63) is 65.2 Å². The van der Waals surface area contributed by atoms with E-state index in [9.17, 15) is 13.2 Å². The Balaban J connectivity index is 0.000000534. The van der Waals surface area contributed by atoms with Gasteiger partial charge in [0.25, 0.3) is 0 Å². The standard InChI is InChI=1S/C20H23F3N2O.C2H2O4/c1-26-18-7-4-5-16(13-18)14-24-9-11-25(12-10-24)15-17-6-2-3-8-19(17)20(21,22)23;3-1(4)2(5)6/h2-8,13H,9-12,14-15H2,1H3;(H,3,4)(H,5,6). The van der Waals surface area contributed by atoms with Crippen LogP contribution in [0.1, 0.15) is 16.7 Å². The lowest BCUT2D eigenvalue weighted by Crippen LogP contribution is -2.45. The van der Waals surface area contributed by atoms with Crippen molar-refractivity contribution in [2.45, 2.75) is 19.3 Å². The van der Waals surface area contributed by atoms with Crippen LogP contribution in [-0.2, 0) is 28.9 Å². The van der Waals surface area contributed by atoms with Crippen LogP contribution in [-0.4, -0.2) is 65.2 Å². The van der Waals surface area contributed by atoms with E-state index in [0.29, 0.717) is 12.1 Å². The molecule has 1 aliphatic rings. The summed E-state index contributed by atoms with van der Waals surface area (Å²) in [6.07, 6.45) is -4.30. The number of carboxylic acids is 2. The predicted molar refractivity (Wildman–Crippen MR) is 110 cm³/mol. The van der Waals surface area contributed by atoms with Crippen molar-refractivity contribution in [1.29, 1.82) is 0 Å². The summed E-state index contributed by atoms with van der Waals surface area (Å²) in [5.41, 5.74) is 1.00. The minimum atomic E-state index is -4.30. The first kappa shape index (κ1) is 25.2. The third-order valence-electron chi connectivity index (χ3n) is 4.90. The van der Waals surface area contributed by atoms with Gasteiger partial charge in [0.2, 0.25) is 0 Å². The molecule has 0 bridgehead atoms. The van der Waals surface area contributed by atoms with Crippen LogP contribution >= 0.6 is 0 Å². The molecule has 2 N–H and O–H groups in total. The minimum Gasteiger partial charge on any atom is -0.497 e. The normalized spacial score (nSPS) is 14.9. The summed E-state index contributed by atoms with van der Waals surface area (Å²) in [6, 6.07) is 13.8. The quantitative estimate of drug-likeness (QED) is 0.671. The van der Waals surface area contributed by atoms with Gasteiger partial charge in [-0.05, 0) is 29.3 Å². The molecule has 0 radical (unpaired) electrons. The van der Waals surface area contributed by atoms with Crippen LogP contribution < -0.4 is 4.74 Å². The summed E-state index contributed by atoms with van der Waals surface area (Å²) in [4.78, 5) is 22.6. The number of carbonyl (C=O) groups is 2. The van der Waals surface area contributed by atoms with Gasteiger partial charge in [0.05, 0.1) is 12.7 Å². The number of rotatable bonds is 5. The molecule has 0 atom stereocenters. The zero-order chi connectivity index (χ0) is 23.7. The van der Waals surface area contributed by atoms with Crippen LogP contribution in [0.15, 0.2) is 48.5 Å². The molecule has 0 spiro atoms. The molecule has 3 rings (SSSR count). The van der Waals surface area contributed by atoms with Gasteiger partial charge in [0.1, 0.15) is 5.75 Å². The summed E-state index contributed by atoms with van der Waals surface area (Å²) in [5.74, 6) is -2.81. The molecule has 1 heterocycles. The molecule has 2 aromatic rings. The van der Waals surface area contributed by atoms with Crippen LogP contribution in [0, 0.1) is 0 Å². The largest absolute Gasteiger partial charge is 0.497 e. The molecule has 0 aliphatic carbocycles. The van der Waals surface area contributed by atoms with Crippen LogP contribution in [0.2, 0.25) is 0 Å². The molecule has 10 heteroatoms. The van der Waals surface area contributed by atoms with Crippen LogP contribution in [0.25, 0.3) is 0 Å². The number of benzene rings is 2. The molecule has 0 aromatic heterocycles. The average molecular weight is 454 g/mol. The van der Waals surface area contributed by atoms with E-state index in [1.54, 1.807) is 19.2 Å². The Morgan fingerprint density at radius 2 is 1.47 bits per heavy atom. The van der Waals surface area contributed by atoms with Crippen molar-refractivity contribution in [3.63, 3.8) is 0 Å². The Morgan fingerprint density at radius 3 is 2.00 bits per heavy atom. The van der Waals surface area contributed by atoms with Gasteiger partial charge in [-0.15, -0.1) is 0 Å². The van der Waals surface area contributed by atoms with Crippen molar-refractivity contribution in [2.75, 3.05) is 33.3 Å². The molecule has 0 saturated carbocycles. The van der Waals surface area contributed by atoms with Crippen molar-refractivity contribution in [3.8, 4) is 5.75 Å². The van der Waals surface area contributed by atoms with Gasteiger partial charge in [0, 0.05) is 39.3 Å². The van der Waals surface area contributed by atoms with E-state index >= 15 is 0 Å². The highest BCUT2D eigenvalue weighted by molar-refractivity contribution is 6.27. The highest BCUT2D eigenvalue weighted by Gasteiger charge is 2.33. The molecule has 1 saturated heterocycles. The van der Waals surface area contributed by atoms with Gasteiger partial charge in [0.15, 0.2) is 0 Å². The topological polar surface area (TPSA) is 90.3 Å². The maximum absolute atomic E-state index is 13.1. The van der Waals surface area contributed by atoms with Gasteiger partial charge < -0.3 is 14.9 Å². The number of hydrogen-bond acceptors (Lipinski definition) is 5. The van der Waals surface area contributed by atoms with Gasteiger partial charge >= 0.3 is 18.1 Å². The molecule has 7 nitrogen and oxygen atoms in total. The Morgan fingerprint density at radius 1 is 0.906 bits per heavy atom. The van der Waals surface area contributed by atoms with Crippen LogP contribution in [0.4, 0.5) is 13.2 Å². The Bertz CT molecular complexity index is 900. The molecule has 32 heavy (non-hydrogen) atoms.